The van der Waals surface area contributed by atoms with Crippen molar-refractivity contribution in [3.8, 4) is 0 Å². The van der Waals surface area contributed by atoms with Crippen molar-refractivity contribution in [3.05, 3.63) is 70.5 Å². The zero-order chi connectivity index (χ0) is 17.1. The third-order valence-electron chi connectivity index (χ3n) is 3.42. The lowest BCUT2D eigenvalue weighted by Gasteiger charge is -2.14. The highest BCUT2D eigenvalue weighted by atomic mass is 32.2. The zero-order valence-corrected chi connectivity index (χ0v) is 13.2. The number of hydrogen-bond acceptors (Lipinski definition) is 5. The molecule has 6 nitrogen and oxygen atoms in total. The van der Waals surface area contributed by atoms with Gasteiger partial charge in [-0.25, -0.2) is 9.18 Å². The van der Waals surface area contributed by atoms with Gasteiger partial charge in [-0.3, -0.25) is 9.36 Å². The van der Waals surface area contributed by atoms with Gasteiger partial charge in [-0.05, 0) is 24.3 Å². The van der Waals surface area contributed by atoms with Gasteiger partial charge in [0.25, 0.3) is 5.91 Å². The van der Waals surface area contributed by atoms with E-state index in [1.807, 2.05) is 0 Å². The molecule has 2 aromatic rings. The van der Waals surface area contributed by atoms with Crippen molar-refractivity contribution >= 4 is 23.5 Å². The SMILES string of the molecule is O=C(Nc1ccn([C@@H]2S[C@H](CO)C=C2F)c(=O)n1)c1ccccc1. The van der Waals surface area contributed by atoms with Crippen molar-refractivity contribution in [1.29, 1.82) is 0 Å². The molecule has 0 spiro atoms. The molecule has 0 fully saturated rings. The molecule has 1 aliphatic rings. The zero-order valence-electron chi connectivity index (χ0n) is 12.4. The van der Waals surface area contributed by atoms with Crippen LogP contribution in [0.25, 0.3) is 0 Å². The second kappa shape index (κ2) is 6.98. The van der Waals surface area contributed by atoms with E-state index in [0.717, 1.165) is 16.3 Å². The number of thioether (sulfide) groups is 1. The summed E-state index contributed by atoms with van der Waals surface area (Å²) in [6.07, 6.45) is 2.66. The number of benzene rings is 1. The fourth-order valence-electron chi connectivity index (χ4n) is 2.26. The maximum absolute atomic E-state index is 13.9. The number of anilines is 1. The minimum atomic E-state index is -0.846. The van der Waals surface area contributed by atoms with E-state index in [2.05, 4.69) is 10.3 Å². The average molecular weight is 347 g/mol. The number of nitrogens with one attached hydrogen (secondary N) is 1. The van der Waals surface area contributed by atoms with Crippen LogP contribution in [0.1, 0.15) is 15.7 Å². The predicted molar refractivity (Wildman–Crippen MR) is 89.6 cm³/mol. The van der Waals surface area contributed by atoms with Crippen LogP contribution in [0.15, 0.2) is 59.3 Å². The fraction of sp³-hybridized carbons (Fsp3) is 0.188. The van der Waals surface area contributed by atoms with E-state index in [1.54, 1.807) is 30.3 Å². The Morgan fingerprint density at radius 2 is 2.08 bits per heavy atom. The van der Waals surface area contributed by atoms with E-state index in [1.165, 1.54) is 18.3 Å². The van der Waals surface area contributed by atoms with Crippen molar-refractivity contribution in [2.45, 2.75) is 10.6 Å². The van der Waals surface area contributed by atoms with Crippen molar-refractivity contribution in [1.82, 2.24) is 9.55 Å². The van der Waals surface area contributed by atoms with Crippen LogP contribution in [0.3, 0.4) is 0 Å². The van der Waals surface area contributed by atoms with Crippen molar-refractivity contribution in [3.63, 3.8) is 0 Å². The van der Waals surface area contributed by atoms with Crippen LogP contribution < -0.4 is 11.0 Å². The maximum atomic E-state index is 13.9. The first kappa shape index (κ1) is 16.4. The van der Waals surface area contributed by atoms with E-state index < -0.39 is 16.9 Å². The van der Waals surface area contributed by atoms with Crippen molar-refractivity contribution in [2.24, 2.45) is 0 Å². The molecule has 0 saturated heterocycles. The molecule has 1 aliphatic heterocycles. The van der Waals surface area contributed by atoms with Crippen LogP contribution in [0, 0.1) is 0 Å². The summed E-state index contributed by atoms with van der Waals surface area (Å²) in [5.41, 5.74) is -0.241. The standard InChI is InChI=1S/C16H14FN3O3S/c17-12-8-11(9-21)24-15(12)20-7-6-13(19-16(20)23)18-14(22)10-4-2-1-3-5-10/h1-8,11,15,21H,9H2,(H,18,19,22,23)/t11-,15+/m0/s1. The molecule has 0 aliphatic carbocycles. The number of hydrogen-bond donors (Lipinski definition) is 2. The van der Waals surface area contributed by atoms with Gasteiger partial charge in [-0.1, -0.05) is 18.2 Å². The van der Waals surface area contributed by atoms with Gasteiger partial charge in [-0.2, -0.15) is 4.98 Å². The topological polar surface area (TPSA) is 84.2 Å². The molecule has 2 N–H and O–H groups in total. The first-order chi connectivity index (χ1) is 11.6. The Kier molecular flexibility index (Phi) is 4.77. The lowest BCUT2D eigenvalue weighted by Crippen LogP contribution is -2.27. The molecule has 1 amide bonds. The number of amides is 1. The Balaban J connectivity index is 1.77. The Hall–Kier alpha value is -2.45. The number of carbonyl (C=O) groups is 1. The molecule has 0 unspecified atom stereocenters. The number of aliphatic hydroxyl groups is 1. The van der Waals surface area contributed by atoms with Crippen molar-refractivity contribution < 1.29 is 14.3 Å². The molecule has 2 atom stereocenters. The molecule has 2 heterocycles. The monoisotopic (exact) mass is 347 g/mol. The summed E-state index contributed by atoms with van der Waals surface area (Å²) in [5, 5.41) is 10.4. The summed E-state index contributed by atoms with van der Waals surface area (Å²) >= 11 is 1.12. The van der Waals surface area contributed by atoms with Gasteiger partial charge in [0.15, 0.2) is 0 Å². The first-order valence-electron chi connectivity index (χ1n) is 7.17. The normalized spacial score (nSPS) is 19.8. The molecular weight excluding hydrogens is 333 g/mol. The van der Waals surface area contributed by atoms with Crippen LogP contribution in [0.5, 0.6) is 0 Å². The van der Waals surface area contributed by atoms with Gasteiger partial charge < -0.3 is 10.4 Å². The molecule has 1 aromatic heterocycles. The van der Waals surface area contributed by atoms with Crippen LogP contribution in [0.2, 0.25) is 0 Å². The van der Waals surface area contributed by atoms with Crippen molar-refractivity contribution in [2.75, 3.05) is 11.9 Å². The van der Waals surface area contributed by atoms with Gasteiger partial charge in [0, 0.05) is 11.8 Å². The maximum Gasteiger partial charge on any atom is 0.350 e. The highest BCUT2D eigenvalue weighted by Gasteiger charge is 2.29. The van der Waals surface area contributed by atoms with Gasteiger partial charge >= 0.3 is 5.69 Å². The quantitative estimate of drug-likeness (QED) is 0.883. The Morgan fingerprint density at radius 1 is 1.33 bits per heavy atom. The minimum Gasteiger partial charge on any atom is -0.395 e. The third kappa shape index (κ3) is 3.39. The Morgan fingerprint density at radius 3 is 2.71 bits per heavy atom. The molecule has 3 rings (SSSR count). The predicted octanol–water partition coefficient (Wildman–Crippen LogP) is 1.96. The van der Waals surface area contributed by atoms with Crippen LogP contribution in [0.4, 0.5) is 10.2 Å². The number of aliphatic hydroxyl groups excluding tert-OH is 1. The van der Waals surface area contributed by atoms with Gasteiger partial charge in [0.2, 0.25) is 0 Å². The largest absolute Gasteiger partial charge is 0.395 e. The molecule has 1 aromatic carbocycles. The summed E-state index contributed by atoms with van der Waals surface area (Å²) in [7, 11) is 0. The smallest absolute Gasteiger partial charge is 0.350 e. The van der Waals surface area contributed by atoms with Crippen LogP contribution >= 0.6 is 11.8 Å². The van der Waals surface area contributed by atoms with Crippen LogP contribution in [-0.4, -0.2) is 32.4 Å². The first-order valence-corrected chi connectivity index (χ1v) is 8.12. The lowest BCUT2D eigenvalue weighted by atomic mass is 10.2. The van der Waals surface area contributed by atoms with Gasteiger partial charge in [0.05, 0.1) is 11.9 Å². The molecule has 0 saturated carbocycles. The molecule has 24 heavy (non-hydrogen) atoms. The molecule has 0 bridgehead atoms. The number of rotatable bonds is 4. The number of nitrogens with zero attached hydrogens (tertiary/aromatic N) is 2. The van der Waals surface area contributed by atoms with Crippen LogP contribution in [-0.2, 0) is 0 Å². The number of halogens is 1. The average Bonchev–Trinajstić information content (AvgIpc) is 2.96. The van der Waals surface area contributed by atoms with Gasteiger partial charge in [0.1, 0.15) is 17.0 Å². The summed E-state index contributed by atoms with van der Waals surface area (Å²) < 4.78 is 15.0. The van der Waals surface area contributed by atoms with E-state index in [-0.39, 0.29) is 23.6 Å². The number of aromatic nitrogens is 2. The summed E-state index contributed by atoms with van der Waals surface area (Å²) in [4.78, 5) is 27.9. The highest BCUT2D eigenvalue weighted by molar-refractivity contribution is 8.00. The summed E-state index contributed by atoms with van der Waals surface area (Å²) in [5.74, 6) is -0.790. The van der Waals surface area contributed by atoms with E-state index >= 15 is 0 Å². The highest BCUT2D eigenvalue weighted by Crippen LogP contribution is 2.40. The van der Waals surface area contributed by atoms with Gasteiger partial charge in [-0.15, -0.1) is 11.8 Å². The number of carbonyl (C=O) groups excluding carboxylic acids is 1. The summed E-state index contributed by atoms with van der Waals surface area (Å²) in [6.45, 7) is -0.206. The van der Waals surface area contributed by atoms with E-state index in [4.69, 9.17) is 5.11 Å². The fourth-order valence-corrected chi connectivity index (χ4v) is 3.39. The Bertz CT molecular complexity index is 838. The Labute approximate surface area is 141 Å². The minimum absolute atomic E-state index is 0.0937. The van der Waals surface area contributed by atoms with E-state index in [9.17, 15) is 14.0 Å². The molecule has 8 heteroatoms. The third-order valence-corrected chi connectivity index (χ3v) is 4.77. The molecular formula is C16H14FN3O3S. The molecule has 0 radical (unpaired) electrons. The van der Waals surface area contributed by atoms with E-state index in [0.29, 0.717) is 5.56 Å². The summed E-state index contributed by atoms with van der Waals surface area (Å²) in [6, 6.07) is 9.95. The molecule has 124 valence electrons. The second-order valence-electron chi connectivity index (χ2n) is 5.08. The lowest BCUT2D eigenvalue weighted by molar-refractivity contribution is 0.102. The second-order valence-corrected chi connectivity index (χ2v) is 6.41.